The lowest BCUT2D eigenvalue weighted by Gasteiger charge is -2.23. The molecule has 0 aliphatic carbocycles. The second-order valence-electron chi connectivity index (χ2n) is 7.84. The van der Waals surface area contributed by atoms with Crippen molar-refractivity contribution in [1.29, 1.82) is 0 Å². The summed E-state index contributed by atoms with van der Waals surface area (Å²) in [5.74, 6) is -0.794. The maximum atomic E-state index is 13.0. The van der Waals surface area contributed by atoms with Crippen LogP contribution in [0, 0.1) is 5.92 Å². The zero-order valence-electron chi connectivity index (χ0n) is 19.1. The number of hydrogen-bond acceptors (Lipinski definition) is 7. The molecule has 7 nitrogen and oxygen atoms in total. The van der Waals surface area contributed by atoms with Crippen molar-refractivity contribution in [3.8, 4) is 0 Å². The maximum absolute atomic E-state index is 13.0. The second kappa shape index (κ2) is 13.0. The fourth-order valence-corrected chi connectivity index (χ4v) is 3.87. The number of thiazole rings is 1. The number of carbonyl (C=O) groups is 3. The van der Waals surface area contributed by atoms with Crippen LogP contribution in [0.4, 0.5) is 4.79 Å². The van der Waals surface area contributed by atoms with Crippen molar-refractivity contribution in [2.24, 2.45) is 5.92 Å². The van der Waals surface area contributed by atoms with Gasteiger partial charge in [0, 0.05) is 11.8 Å². The number of aromatic nitrogens is 1. The number of unbranched alkanes of at least 4 members (excludes halogenated alkanes) is 1. The van der Waals surface area contributed by atoms with Crippen LogP contribution in [0.25, 0.3) is 0 Å². The maximum Gasteiger partial charge on any atom is 0.408 e. The SMILES string of the molecule is CCCC[C@H](NC(=O)OC(Cc1ccccc1)C(C)C)C(=O)c1nc(C(=O)OCC)cs1. The van der Waals surface area contributed by atoms with Crippen LogP contribution in [0.15, 0.2) is 35.7 Å². The van der Waals surface area contributed by atoms with Crippen LogP contribution in [0.5, 0.6) is 0 Å². The monoisotopic (exact) mass is 460 g/mol. The summed E-state index contributed by atoms with van der Waals surface area (Å²) in [5.41, 5.74) is 1.17. The third kappa shape index (κ3) is 7.75. The number of ketones is 1. The highest BCUT2D eigenvalue weighted by Crippen LogP contribution is 2.17. The van der Waals surface area contributed by atoms with E-state index in [2.05, 4.69) is 10.3 Å². The highest BCUT2D eigenvalue weighted by Gasteiger charge is 2.27. The first-order valence-electron chi connectivity index (χ1n) is 11.0. The summed E-state index contributed by atoms with van der Waals surface area (Å²) in [6, 6.07) is 9.06. The summed E-state index contributed by atoms with van der Waals surface area (Å²) >= 11 is 1.07. The van der Waals surface area contributed by atoms with Gasteiger partial charge in [0.15, 0.2) is 10.7 Å². The Balaban J connectivity index is 2.07. The first-order chi connectivity index (χ1) is 15.3. The molecule has 0 fully saturated rings. The third-order valence-corrected chi connectivity index (χ3v) is 5.79. The quantitative estimate of drug-likeness (QED) is 0.352. The van der Waals surface area contributed by atoms with E-state index in [0.29, 0.717) is 12.8 Å². The first-order valence-corrected chi connectivity index (χ1v) is 11.9. The molecule has 0 aliphatic rings. The van der Waals surface area contributed by atoms with Gasteiger partial charge in [-0.2, -0.15) is 0 Å². The Kier molecular flexibility index (Phi) is 10.3. The van der Waals surface area contributed by atoms with Crippen LogP contribution in [0.2, 0.25) is 0 Å². The number of Topliss-reactive ketones (excluding diaryl/α,β-unsaturated/α-hetero) is 1. The highest BCUT2D eigenvalue weighted by molar-refractivity contribution is 7.12. The lowest BCUT2D eigenvalue weighted by atomic mass is 9.99. The van der Waals surface area contributed by atoms with E-state index in [-0.39, 0.29) is 35.1 Å². The normalized spacial score (nSPS) is 12.8. The highest BCUT2D eigenvalue weighted by atomic mass is 32.1. The predicted octanol–water partition coefficient (Wildman–Crippen LogP) is 5.05. The molecule has 0 aliphatic heterocycles. The molecule has 2 aromatic rings. The van der Waals surface area contributed by atoms with Crippen molar-refractivity contribution in [3.05, 3.63) is 52.0 Å². The summed E-state index contributed by atoms with van der Waals surface area (Å²) in [6.45, 7) is 7.93. The molecule has 0 saturated heterocycles. The molecular formula is C24H32N2O5S. The summed E-state index contributed by atoms with van der Waals surface area (Å²) in [7, 11) is 0. The lowest BCUT2D eigenvalue weighted by molar-refractivity contribution is 0.0519. The predicted molar refractivity (Wildman–Crippen MR) is 124 cm³/mol. The fourth-order valence-electron chi connectivity index (χ4n) is 3.09. The van der Waals surface area contributed by atoms with Gasteiger partial charge in [0.2, 0.25) is 5.78 Å². The van der Waals surface area contributed by atoms with Crippen molar-refractivity contribution in [2.75, 3.05) is 6.61 Å². The van der Waals surface area contributed by atoms with E-state index in [1.807, 2.05) is 51.1 Å². The Morgan fingerprint density at radius 2 is 1.84 bits per heavy atom. The van der Waals surface area contributed by atoms with Gasteiger partial charge in [0.25, 0.3) is 0 Å². The van der Waals surface area contributed by atoms with Crippen LogP contribution < -0.4 is 5.32 Å². The second-order valence-corrected chi connectivity index (χ2v) is 8.70. The van der Waals surface area contributed by atoms with Crippen molar-refractivity contribution in [2.45, 2.75) is 65.5 Å². The van der Waals surface area contributed by atoms with Gasteiger partial charge >= 0.3 is 12.1 Å². The number of benzene rings is 1. The molecule has 1 aromatic heterocycles. The van der Waals surface area contributed by atoms with Crippen LogP contribution in [0.3, 0.4) is 0 Å². The third-order valence-electron chi connectivity index (χ3n) is 4.94. The van der Waals surface area contributed by atoms with Crippen molar-refractivity contribution >= 4 is 29.2 Å². The molecule has 1 N–H and O–H groups in total. The smallest absolute Gasteiger partial charge is 0.408 e. The van der Waals surface area contributed by atoms with E-state index in [1.165, 1.54) is 5.38 Å². The summed E-state index contributed by atoms with van der Waals surface area (Å²) in [5, 5.41) is 4.39. The van der Waals surface area contributed by atoms with E-state index >= 15 is 0 Å². The minimum absolute atomic E-state index is 0.0970. The molecule has 1 aromatic carbocycles. The van der Waals surface area contributed by atoms with Crippen molar-refractivity contribution in [3.63, 3.8) is 0 Å². The van der Waals surface area contributed by atoms with E-state index in [9.17, 15) is 14.4 Å². The van der Waals surface area contributed by atoms with Crippen LogP contribution >= 0.6 is 11.3 Å². The van der Waals surface area contributed by atoms with Gasteiger partial charge in [-0.05, 0) is 24.8 Å². The van der Waals surface area contributed by atoms with Gasteiger partial charge in [-0.15, -0.1) is 11.3 Å². The Morgan fingerprint density at radius 1 is 1.12 bits per heavy atom. The topological polar surface area (TPSA) is 94.6 Å². The standard InChI is InChI=1S/C24H32N2O5S/c1-5-7-13-18(21(27)22-25-19(15-32-22)23(28)30-6-2)26-24(29)31-20(16(3)4)14-17-11-9-8-10-12-17/h8-12,15-16,18,20H,5-7,13-14H2,1-4H3,(H,26,29)/t18-,20?/m0/s1. The number of amides is 1. The molecule has 1 unspecified atom stereocenters. The number of esters is 1. The van der Waals surface area contributed by atoms with Gasteiger partial charge in [-0.1, -0.05) is 63.9 Å². The van der Waals surface area contributed by atoms with E-state index in [4.69, 9.17) is 9.47 Å². The molecule has 1 amide bonds. The van der Waals surface area contributed by atoms with Gasteiger partial charge in [-0.25, -0.2) is 14.6 Å². The van der Waals surface area contributed by atoms with Crippen molar-refractivity contribution in [1.82, 2.24) is 10.3 Å². The molecule has 8 heteroatoms. The van der Waals surface area contributed by atoms with Gasteiger partial charge in [-0.3, -0.25) is 4.79 Å². The molecule has 2 rings (SSSR count). The Morgan fingerprint density at radius 3 is 2.47 bits per heavy atom. The molecule has 2 atom stereocenters. The van der Waals surface area contributed by atoms with Crippen LogP contribution in [-0.4, -0.2) is 41.6 Å². The molecular weight excluding hydrogens is 428 g/mol. The Bertz CT molecular complexity index is 882. The number of rotatable bonds is 12. The summed E-state index contributed by atoms with van der Waals surface area (Å²) in [6.07, 6.45) is 1.73. The number of nitrogens with one attached hydrogen (secondary N) is 1. The van der Waals surface area contributed by atoms with Gasteiger partial charge in [0.05, 0.1) is 12.6 Å². The Labute approximate surface area is 193 Å². The van der Waals surface area contributed by atoms with Gasteiger partial charge in [0.1, 0.15) is 6.10 Å². The lowest BCUT2D eigenvalue weighted by Crippen LogP contribution is -2.43. The zero-order valence-corrected chi connectivity index (χ0v) is 19.9. The van der Waals surface area contributed by atoms with E-state index < -0.39 is 18.1 Å². The summed E-state index contributed by atoms with van der Waals surface area (Å²) in [4.78, 5) is 41.7. The zero-order chi connectivity index (χ0) is 23.5. The number of hydrogen-bond donors (Lipinski definition) is 1. The number of carbonyl (C=O) groups excluding carboxylic acids is 3. The Hall–Kier alpha value is -2.74. The van der Waals surface area contributed by atoms with E-state index in [1.54, 1.807) is 6.92 Å². The van der Waals surface area contributed by atoms with Crippen LogP contribution in [0.1, 0.15) is 72.8 Å². The molecule has 0 saturated carbocycles. The molecule has 0 spiro atoms. The summed E-state index contributed by atoms with van der Waals surface area (Å²) < 4.78 is 10.6. The average molecular weight is 461 g/mol. The fraction of sp³-hybridized carbons (Fsp3) is 0.500. The molecule has 1 heterocycles. The minimum Gasteiger partial charge on any atom is -0.461 e. The molecule has 174 valence electrons. The first kappa shape index (κ1) is 25.5. The number of nitrogens with zero attached hydrogens (tertiary/aromatic N) is 1. The van der Waals surface area contributed by atoms with Crippen LogP contribution in [-0.2, 0) is 15.9 Å². The molecule has 0 radical (unpaired) electrons. The molecule has 32 heavy (non-hydrogen) atoms. The minimum atomic E-state index is -0.770. The number of ether oxygens (including phenoxy) is 2. The van der Waals surface area contributed by atoms with Crippen molar-refractivity contribution < 1.29 is 23.9 Å². The largest absolute Gasteiger partial charge is 0.461 e. The number of alkyl carbamates (subject to hydrolysis) is 1. The van der Waals surface area contributed by atoms with E-state index in [0.717, 1.165) is 29.7 Å². The van der Waals surface area contributed by atoms with Gasteiger partial charge < -0.3 is 14.8 Å². The molecule has 0 bridgehead atoms. The average Bonchev–Trinajstić information content (AvgIpc) is 3.27.